The maximum absolute atomic E-state index is 6.00. The van der Waals surface area contributed by atoms with Gasteiger partial charge in [0.15, 0.2) is 0 Å². The van der Waals surface area contributed by atoms with Crippen molar-refractivity contribution in [1.29, 1.82) is 0 Å². The van der Waals surface area contributed by atoms with Crippen LogP contribution in [0.4, 0.5) is 0 Å². The second kappa shape index (κ2) is 3.19. The lowest BCUT2D eigenvalue weighted by atomic mass is 9.52. The Labute approximate surface area is 73.8 Å². The summed E-state index contributed by atoms with van der Waals surface area (Å²) >= 11 is 0. The Morgan fingerprint density at radius 2 is 1.92 bits per heavy atom. The SMILES string of the molecule is CC1=C2CC(CC1)C2(C)C.OO. The molecule has 2 nitrogen and oxygen atoms in total. The monoisotopic (exact) mass is 170 g/mol. The highest BCUT2D eigenvalue weighted by molar-refractivity contribution is 5.32. The first-order chi connectivity index (χ1) is 5.62. The van der Waals surface area contributed by atoms with Gasteiger partial charge < -0.3 is 0 Å². The minimum Gasteiger partial charge on any atom is -0.255 e. The predicted octanol–water partition coefficient (Wildman–Crippen LogP) is 3.16. The van der Waals surface area contributed by atoms with Crippen LogP contribution < -0.4 is 0 Å². The third kappa shape index (κ3) is 1.19. The first-order valence-corrected chi connectivity index (χ1v) is 4.51. The van der Waals surface area contributed by atoms with E-state index < -0.39 is 0 Å². The molecule has 0 aromatic heterocycles. The summed E-state index contributed by atoms with van der Waals surface area (Å²) in [5.74, 6) is 1.02. The average molecular weight is 170 g/mol. The molecule has 70 valence electrons. The van der Waals surface area contributed by atoms with Gasteiger partial charge >= 0.3 is 0 Å². The van der Waals surface area contributed by atoms with E-state index in [0.29, 0.717) is 5.41 Å². The fourth-order valence-electron chi connectivity index (χ4n) is 2.61. The van der Waals surface area contributed by atoms with Crippen molar-refractivity contribution in [2.45, 2.75) is 40.0 Å². The zero-order chi connectivity index (χ0) is 9.35. The van der Waals surface area contributed by atoms with Gasteiger partial charge in [0, 0.05) is 0 Å². The van der Waals surface area contributed by atoms with Crippen LogP contribution in [0.1, 0.15) is 40.0 Å². The van der Waals surface area contributed by atoms with Crippen LogP contribution in [0, 0.1) is 11.3 Å². The van der Waals surface area contributed by atoms with E-state index in [1.165, 1.54) is 19.3 Å². The van der Waals surface area contributed by atoms with Gasteiger partial charge in [-0.15, -0.1) is 0 Å². The minimum atomic E-state index is 0.586. The lowest BCUT2D eigenvalue weighted by Crippen LogP contribution is -2.41. The van der Waals surface area contributed by atoms with Crippen LogP contribution in [-0.4, -0.2) is 10.5 Å². The molecular weight excluding hydrogens is 152 g/mol. The van der Waals surface area contributed by atoms with Crippen molar-refractivity contribution in [2.24, 2.45) is 11.3 Å². The highest BCUT2D eigenvalue weighted by Crippen LogP contribution is 2.58. The van der Waals surface area contributed by atoms with Crippen molar-refractivity contribution in [2.75, 3.05) is 0 Å². The molecule has 0 saturated heterocycles. The maximum Gasteiger partial charge on any atom is -0.0111 e. The summed E-state index contributed by atoms with van der Waals surface area (Å²) in [5, 5.41) is 12.0. The van der Waals surface area contributed by atoms with Crippen molar-refractivity contribution in [3.63, 3.8) is 0 Å². The lowest BCUT2D eigenvalue weighted by Gasteiger charge is -2.52. The summed E-state index contributed by atoms with van der Waals surface area (Å²) in [7, 11) is 0. The molecule has 2 heteroatoms. The molecule has 12 heavy (non-hydrogen) atoms. The third-order valence-electron chi connectivity index (χ3n) is 3.63. The van der Waals surface area contributed by atoms with Gasteiger partial charge in [-0.25, -0.2) is 0 Å². The fourth-order valence-corrected chi connectivity index (χ4v) is 2.61. The summed E-state index contributed by atoms with van der Waals surface area (Å²) in [4.78, 5) is 0. The smallest absolute Gasteiger partial charge is 0.0111 e. The topological polar surface area (TPSA) is 40.5 Å². The van der Waals surface area contributed by atoms with Crippen LogP contribution in [0.3, 0.4) is 0 Å². The van der Waals surface area contributed by atoms with Crippen molar-refractivity contribution in [1.82, 2.24) is 0 Å². The molecule has 0 aromatic rings. The Kier molecular flexibility index (Phi) is 2.59. The number of fused-ring (bicyclic) bond motifs is 2. The summed E-state index contributed by atoms with van der Waals surface area (Å²) in [5.41, 5.74) is 4.04. The largest absolute Gasteiger partial charge is 0.255 e. The van der Waals surface area contributed by atoms with Gasteiger partial charge in [-0.3, -0.25) is 10.5 Å². The van der Waals surface area contributed by atoms with Crippen molar-refractivity contribution >= 4 is 0 Å². The van der Waals surface area contributed by atoms with E-state index in [1.807, 2.05) is 0 Å². The summed E-state index contributed by atoms with van der Waals surface area (Å²) < 4.78 is 0. The molecule has 0 aliphatic heterocycles. The zero-order valence-electron chi connectivity index (χ0n) is 8.09. The highest BCUT2D eigenvalue weighted by atomic mass is 17.0. The molecule has 1 atom stereocenters. The number of hydrogen-bond donors (Lipinski definition) is 2. The maximum atomic E-state index is 6.00. The Balaban J connectivity index is 0.000000336. The minimum absolute atomic E-state index is 0.586. The molecule has 1 fully saturated rings. The normalized spacial score (nSPS) is 30.2. The van der Waals surface area contributed by atoms with E-state index in [-0.39, 0.29) is 0 Å². The molecule has 2 N–H and O–H groups in total. The lowest BCUT2D eigenvalue weighted by molar-refractivity contribution is -0.176. The van der Waals surface area contributed by atoms with Crippen LogP contribution in [0.2, 0.25) is 0 Å². The van der Waals surface area contributed by atoms with Gasteiger partial charge in [-0.05, 0) is 37.5 Å². The van der Waals surface area contributed by atoms with Gasteiger partial charge in [-0.2, -0.15) is 0 Å². The van der Waals surface area contributed by atoms with Gasteiger partial charge in [0.25, 0.3) is 0 Å². The first-order valence-electron chi connectivity index (χ1n) is 4.51. The average Bonchev–Trinajstić information content (AvgIpc) is 2.07. The van der Waals surface area contributed by atoms with Crippen molar-refractivity contribution in [3.8, 4) is 0 Å². The van der Waals surface area contributed by atoms with E-state index >= 15 is 0 Å². The Morgan fingerprint density at radius 3 is 2.17 bits per heavy atom. The van der Waals surface area contributed by atoms with E-state index in [1.54, 1.807) is 11.1 Å². The Morgan fingerprint density at radius 1 is 1.33 bits per heavy atom. The third-order valence-corrected chi connectivity index (χ3v) is 3.63. The van der Waals surface area contributed by atoms with Crippen LogP contribution in [0.25, 0.3) is 0 Å². The highest BCUT2D eigenvalue weighted by Gasteiger charge is 2.46. The second-order valence-electron chi connectivity index (χ2n) is 4.42. The number of rotatable bonds is 0. The van der Waals surface area contributed by atoms with Crippen LogP contribution in [-0.2, 0) is 0 Å². The summed E-state index contributed by atoms with van der Waals surface area (Å²) in [6, 6.07) is 0. The van der Waals surface area contributed by atoms with Crippen molar-refractivity contribution in [3.05, 3.63) is 11.1 Å². The van der Waals surface area contributed by atoms with Gasteiger partial charge in [0.1, 0.15) is 0 Å². The number of allylic oxidation sites excluding steroid dienone is 2. The van der Waals surface area contributed by atoms with E-state index in [0.717, 1.165) is 5.92 Å². The summed E-state index contributed by atoms with van der Waals surface area (Å²) in [6.45, 7) is 7.12. The van der Waals surface area contributed by atoms with Crippen LogP contribution >= 0.6 is 0 Å². The molecule has 0 amide bonds. The Hall–Kier alpha value is -0.340. The Bertz CT molecular complexity index is 204. The molecule has 0 aromatic carbocycles. The molecule has 2 bridgehead atoms. The fraction of sp³-hybridized carbons (Fsp3) is 0.800. The number of hydrogen-bond acceptors (Lipinski definition) is 2. The van der Waals surface area contributed by atoms with Gasteiger partial charge in [0.2, 0.25) is 0 Å². The molecule has 3 aliphatic rings. The van der Waals surface area contributed by atoms with E-state index in [2.05, 4.69) is 20.8 Å². The van der Waals surface area contributed by atoms with Crippen LogP contribution in [0.15, 0.2) is 11.1 Å². The van der Waals surface area contributed by atoms with E-state index in [4.69, 9.17) is 10.5 Å². The molecule has 1 saturated carbocycles. The van der Waals surface area contributed by atoms with Gasteiger partial charge in [-0.1, -0.05) is 25.0 Å². The standard InChI is InChI=1S/C10H16.H2O2/c1-7-4-5-8-6-9(7)10(8,2)3;1-2/h8H,4-6H2,1-3H3;1-2H. The quantitative estimate of drug-likeness (QED) is 0.333. The summed E-state index contributed by atoms with van der Waals surface area (Å²) in [6.07, 6.45) is 4.24. The van der Waals surface area contributed by atoms with Crippen molar-refractivity contribution < 1.29 is 10.5 Å². The van der Waals surface area contributed by atoms with Gasteiger partial charge in [0.05, 0.1) is 0 Å². The second-order valence-corrected chi connectivity index (χ2v) is 4.42. The molecule has 0 spiro atoms. The molecule has 3 aliphatic carbocycles. The molecule has 1 unspecified atom stereocenters. The molecule has 3 rings (SSSR count). The molecule has 0 heterocycles. The predicted molar refractivity (Wildman–Crippen MR) is 49.1 cm³/mol. The molecular formula is C10H18O2. The van der Waals surface area contributed by atoms with E-state index in [9.17, 15) is 0 Å². The van der Waals surface area contributed by atoms with Crippen LogP contribution in [0.5, 0.6) is 0 Å². The molecule has 0 radical (unpaired) electrons. The zero-order valence-corrected chi connectivity index (χ0v) is 8.09. The first kappa shape index (κ1) is 9.75.